The Bertz CT molecular complexity index is 819. The maximum absolute atomic E-state index is 16.8. The van der Waals surface area contributed by atoms with E-state index in [-0.39, 0.29) is 49.6 Å². The maximum Gasteiger partial charge on any atom is 1.00 e. The maximum atomic E-state index is 16.8. The summed E-state index contributed by atoms with van der Waals surface area (Å²) in [4.78, 5) is 24.2. The fourth-order valence-corrected chi connectivity index (χ4v) is 6.85. The third-order valence-corrected chi connectivity index (χ3v) is 8.43. The number of Topliss-reactive ketones (excluding diaryl/α,β-unsaturated/α-hetero) is 1. The SMILES string of the molecule is C[C@]12C=CC(=O)C=C1CC[C@H]1[C@@H]3C[C@@H](O)[C@](O)(C(=O)CO)[C@@]3(C)C[C@H](O)[C@@]12F.[H-].[Na+]. The molecule has 0 aromatic carbocycles. The van der Waals surface area contributed by atoms with Crippen LogP contribution < -0.4 is 29.6 Å². The molecule has 0 aromatic rings. The quantitative estimate of drug-likeness (QED) is 0.376. The van der Waals surface area contributed by atoms with Crippen LogP contribution in [0.15, 0.2) is 23.8 Å². The van der Waals surface area contributed by atoms with Crippen molar-refractivity contribution in [3.63, 3.8) is 0 Å². The van der Waals surface area contributed by atoms with E-state index in [0.717, 1.165) is 0 Å². The molecule has 0 spiro atoms. The standard InChI is InChI=1S/C21H27FO6.Na.H/c1-18-6-5-12(24)7-11(18)3-4-13-14-8-15(25)21(28,17(27)10-23)19(14,2)9-16(26)20(13,18)22;;/h5-7,13-16,23,25-26,28H,3-4,8-10H2,1-2H3;;/q;+1;-1/t13-,14-,15+,16-,18-,19-,20-,21-;;/m0../s1. The van der Waals surface area contributed by atoms with Crippen LogP contribution in [-0.4, -0.2) is 62.1 Å². The zero-order valence-corrected chi connectivity index (χ0v) is 19.1. The van der Waals surface area contributed by atoms with Gasteiger partial charge in [0.05, 0.1) is 12.2 Å². The molecule has 0 amide bonds. The van der Waals surface area contributed by atoms with Crippen LogP contribution in [0.2, 0.25) is 0 Å². The summed E-state index contributed by atoms with van der Waals surface area (Å²) < 4.78 is 16.8. The molecule has 8 atom stereocenters. The van der Waals surface area contributed by atoms with E-state index in [9.17, 15) is 30.0 Å². The van der Waals surface area contributed by atoms with Gasteiger partial charge in [-0.25, -0.2) is 4.39 Å². The number of halogens is 1. The minimum Gasteiger partial charge on any atom is -1.00 e. The molecule has 156 valence electrons. The van der Waals surface area contributed by atoms with Crippen molar-refractivity contribution in [2.24, 2.45) is 22.7 Å². The Labute approximate surface area is 192 Å². The number of ketones is 2. The Kier molecular flexibility index (Phi) is 5.66. The first-order chi connectivity index (χ1) is 13.0. The van der Waals surface area contributed by atoms with E-state index < -0.39 is 58.5 Å². The molecule has 0 saturated heterocycles. The molecule has 0 radical (unpaired) electrons. The van der Waals surface area contributed by atoms with Crippen molar-refractivity contribution in [3.8, 4) is 0 Å². The molecule has 0 aliphatic heterocycles. The van der Waals surface area contributed by atoms with Gasteiger partial charge in [-0.2, -0.15) is 0 Å². The van der Waals surface area contributed by atoms with Crippen molar-refractivity contribution in [1.29, 1.82) is 0 Å². The predicted molar refractivity (Wildman–Crippen MR) is 97.9 cm³/mol. The third kappa shape index (κ3) is 2.59. The smallest absolute Gasteiger partial charge is 1.00 e. The Morgan fingerprint density at radius 2 is 1.93 bits per heavy atom. The van der Waals surface area contributed by atoms with Gasteiger partial charge in [-0.15, -0.1) is 0 Å². The van der Waals surface area contributed by atoms with Gasteiger partial charge in [-0.1, -0.05) is 18.6 Å². The van der Waals surface area contributed by atoms with E-state index in [2.05, 4.69) is 0 Å². The summed E-state index contributed by atoms with van der Waals surface area (Å²) in [5.74, 6) is -2.38. The summed E-state index contributed by atoms with van der Waals surface area (Å²) in [5.41, 5.74) is -6.12. The fraction of sp³-hybridized carbons (Fsp3) is 0.714. The summed E-state index contributed by atoms with van der Waals surface area (Å²) in [6.07, 6.45) is 1.93. The average molecular weight is 418 g/mol. The summed E-state index contributed by atoms with van der Waals surface area (Å²) in [7, 11) is 0. The number of alkyl halides is 1. The molecule has 6 nitrogen and oxygen atoms in total. The van der Waals surface area contributed by atoms with Crippen LogP contribution in [0, 0.1) is 22.7 Å². The zero-order valence-electron chi connectivity index (χ0n) is 18.1. The molecule has 0 heterocycles. The Morgan fingerprint density at radius 3 is 2.55 bits per heavy atom. The Morgan fingerprint density at radius 1 is 1.28 bits per heavy atom. The number of fused-ring (bicyclic) bond motifs is 5. The summed E-state index contributed by atoms with van der Waals surface area (Å²) >= 11 is 0. The van der Waals surface area contributed by atoms with Gasteiger partial charge < -0.3 is 21.9 Å². The van der Waals surface area contributed by atoms with Gasteiger partial charge in [0.25, 0.3) is 0 Å². The second-order valence-electron chi connectivity index (χ2n) is 9.36. The number of carbonyl (C=O) groups is 2. The molecule has 4 N–H and O–H groups in total. The molecule has 4 aliphatic rings. The predicted octanol–water partition coefficient (Wildman–Crippen LogP) is -2.26. The normalized spacial score (nSPS) is 50.7. The molecular formula is C21H28FNaO6. The number of allylic oxidation sites excluding steroid dienone is 4. The zero-order chi connectivity index (χ0) is 20.7. The number of aliphatic hydroxyl groups excluding tert-OH is 3. The molecule has 8 heteroatoms. The van der Waals surface area contributed by atoms with Gasteiger partial charge >= 0.3 is 29.6 Å². The monoisotopic (exact) mass is 418 g/mol. The summed E-state index contributed by atoms with van der Waals surface area (Å²) in [6, 6.07) is 0. The number of carbonyl (C=O) groups excluding carboxylic acids is 2. The molecule has 0 unspecified atom stereocenters. The van der Waals surface area contributed by atoms with Crippen LogP contribution >= 0.6 is 0 Å². The molecule has 3 saturated carbocycles. The summed E-state index contributed by atoms with van der Waals surface area (Å²) in [5, 5.41) is 42.1. The van der Waals surface area contributed by atoms with Crippen molar-refractivity contribution in [2.75, 3.05) is 6.61 Å². The van der Waals surface area contributed by atoms with Gasteiger partial charge in [0.15, 0.2) is 22.8 Å². The van der Waals surface area contributed by atoms with Crippen LogP contribution in [0.1, 0.15) is 41.0 Å². The van der Waals surface area contributed by atoms with Crippen molar-refractivity contribution in [1.82, 2.24) is 0 Å². The molecule has 29 heavy (non-hydrogen) atoms. The number of rotatable bonds is 2. The van der Waals surface area contributed by atoms with Crippen LogP contribution in [-0.2, 0) is 9.59 Å². The van der Waals surface area contributed by atoms with E-state index in [1.807, 2.05) is 0 Å². The number of hydrogen-bond acceptors (Lipinski definition) is 6. The van der Waals surface area contributed by atoms with E-state index in [0.29, 0.717) is 18.4 Å². The van der Waals surface area contributed by atoms with E-state index in [4.69, 9.17) is 0 Å². The van der Waals surface area contributed by atoms with Gasteiger partial charge in [0.1, 0.15) is 6.61 Å². The molecule has 0 aromatic heterocycles. The average Bonchev–Trinajstić information content (AvgIpc) is 2.84. The molecule has 3 fully saturated rings. The van der Waals surface area contributed by atoms with Gasteiger partial charge in [-0.3, -0.25) is 9.59 Å². The van der Waals surface area contributed by atoms with E-state index >= 15 is 4.39 Å². The van der Waals surface area contributed by atoms with E-state index in [1.165, 1.54) is 18.2 Å². The molecule has 0 bridgehead atoms. The second-order valence-corrected chi connectivity index (χ2v) is 9.36. The first-order valence-electron chi connectivity index (χ1n) is 9.82. The minimum absolute atomic E-state index is 0. The van der Waals surface area contributed by atoms with Crippen molar-refractivity contribution < 1.29 is 65.4 Å². The first-order valence-corrected chi connectivity index (χ1v) is 9.82. The van der Waals surface area contributed by atoms with Gasteiger partial charge in [0, 0.05) is 16.7 Å². The molecular weight excluding hydrogens is 390 g/mol. The largest absolute Gasteiger partial charge is 1.00 e. The van der Waals surface area contributed by atoms with Crippen LogP contribution in [0.25, 0.3) is 0 Å². The van der Waals surface area contributed by atoms with Crippen molar-refractivity contribution in [3.05, 3.63) is 23.8 Å². The minimum atomic E-state index is -2.23. The Hall–Kier alpha value is -0.410. The Balaban J connectivity index is 0.00000160. The van der Waals surface area contributed by atoms with Gasteiger partial charge in [-0.05, 0) is 50.7 Å². The molecule has 4 aliphatic carbocycles. The van der Waals surface area contributed by atoms with E-state index in [1.54, 1.807) is 13.8 Å². The summed E-state index contributed by atoms with van der Waals surface area (Å²) in [6.45, 7) is 2.33. The fourth-order valence-electron chi connectivity index (χ4n) is 6.85. The van der Waals surface area contributed by atoms with Crippen LogP contribution in [0.4, 0.5) is 4.39 Å². The van der Waals surface area contributed by atoms with Crippen LogP contribution in [0.3, 0.4) is 0 Å². The molecule has 4 rings (SSSR count). The first kappa shape index (κ1) is 23.3. The van der Waals surface area contributed by atoms with Crippen molar-refractivity contribution in [2.45, 2.75) is 63.0 Å². The number of aliphatic hydroxyl groups is 4. The third-order valence-electron chi connectivity index (χ3n) is 8.43. The number of hydrogen-bond donors (Lipinski definition) is 4. The van der Waals surface area contributed by atoms with Crippen LogP contribution in [0.5, 0.6) is 0 Å². The second kappa shape index (κ2) is 7.05. The topological polar surface area (TPSA) is 115 Å². The van der Waals surface area contributed by atoms with Gasteiger partial charge in [0.2, 0.25) is 0 Å². The van der Waals surface area contributed by atoms with Crippen molar-refractivity contribution >= 4 is 11.6 Å².